The first-order chi connectivity index (χ1) is 8.25. The summed E-state index contributed by atoms with van der Waals surface area (Å²) in [5.41, 5.74) is 1.07. The molecule has 1 fully saturated rings. The summed E-state index contributed by atoms with van der Waals surface area (Å²) in [6.45, 7) is 2.47. The first-order valence-electron chi connectivity index (χ1n) is 6.01. The van der Waals surface area contributed by atoms with Gasteiger partial charge in [-0.1, -0.05) is 35.7 Å². The summed E-state index contributed by atoms with van der Waals surface area (Å²) >= 11 is 11.8. The molecule has 1 aliphatic heterocycles. The summed E-state index contributed by atoms with van der Waals surface area (Å²) < 4.78 is 5.69. The number of ether oxygens (including phenoxy) is 1. The zero-order valence-electron chi connectivity index (χ0n) is 9.72. The van der Waals surface area contributed by atoms with Crippen LogP contribution in [0.5, 0.6) is 0 Å². The summed E-state index contributed by atoms with van der Waals surface area (Å²) in [6, 6.07) is 6.12. The molecule has 1 saturated heterocycles. The van der Waals surface area contributed by atoms with Crippen molar-refractivity contribution >= 4 is 23.2 Å². The number of rotatable bonds is 4. The molecule has 1 N–H and O–H groups in total. The van der Waals surface area contributed by atoms with Crippen LogP contribution in [0.3, 0.4) is 0 Å². The van der Waals surface area contributed by atoms with Gasteiger partial charge in [0.15, 0.2) is 0 Å². The predicted molar refractivity (Wildman–Crippen MR) is 71.8 cm³/mol. The van der Waals surface area contributed by atoms with Crippen LogP contribution >= 0.6 is 23.2 Å². The number of hydrogen-bond acceptors (Lipinski definition) is 2. The van der Waals surface area contributed by atoms with E-state index >= 15 is 0 Å². The van der Waals surface area contributed by atoms with Crippen molar-refractivity contribution in [2.45, 2.75) is 31.9 Å². The maximum atomic E-state index is 5.94. The van der Waals surface area contributed by atoms with Crippen LogP contribution in [-0.4, -0.2) is 19.2 Å². The van der Waals surface area contributed by atoms with Crippen LogP contribution in [0.2, 0.25) is 10.0 Å². The summed E-state index contributed by atoms with van der Waals surface area (Å²) in [5, 5.41) is 4.63. The Morgan fingerprint density at radius 1 is 1.24 bits per heavy atom. The van der Waals surface area contributed by atoms with Crippen LogP contribution < -0.4 is 5.32 Å². The fourth-order valence-corrected chi connectivity index (χ4v) is 2.34. The molecule has 1 atom stereocenters. The lowest BCUT2D eigenvalue weighted by molar-refractivity contribution is 0.0911. The van der Waals surface area contributed by atoms with Gasteiger partial charge in [0, 0.05) is 6.04 Å². The molecule has 0 aliphatic carbocycles. The molecule has 4 heteroatoms. The third-order valence-electron chi connectivity index (χ3n) is 2.98. The molecule has 2 rings (SSSR count). The summed E-state index contributed by atoms with van der Waals surface area (Å²) in [5.74, 6) is 0. The summed E-state index contributed by atoms with van der Waals surface area (Å²) in [6.07, 6.45) is 3.79. The smallest absolute Gasteiger partial charge is 0.0718 e. The first-order valence-corrected chi connectivity index (χ1v) is 6.76. The molecule has 1 aromatic carbocycles. The van der Waals surface area contributed by atoms with E-state index in [1.165, 1.54) is 19.3 Å². The standard InChI is InChI=1S/C13H17Cl2NO/c14-12-5-4-10(7-13(12)15)8-17-9-11-3-1-2-6-16-11/h4-5,7,11,16H,1-3,6,8-9H2/t11-/m1/s1. The SMILES string of the molecule is Clc1ccc(COC[C@H]2CCCCN2)cc1Cl. The van der Waals surface area contributed by atoms with Crippen molar-refractivity contribution in [1.82, 2.24) is 5.32 Å². The van der Waals surface area contributed by atoms with Crippen molar-refractivity contribution in [3.63, 3.8) is 0 Å². The minimum absolute atomic E-state index is 0.506. The maximum absolute atomic E-state index is 5.94. The Hall–Kier alpha value is -0.280. The molecule has 2 nitrogen and oxygen atoms in total. The van der Waals surface area contributed by atoms with E-state index in [2.05, 4.69) is 5.32 Å². The molecule has 1 aliphatic rings. The third-order valence-corrected chi connectivity index (χ3v) is 3.72. The Kier molecular flexibility index (Phi) is 5.11. The van der Waals surface area contributed by atoms with Crippen molar-refractivity contribution in [2.24, 2.45) is 0 Å². The van der Waals surface area contributed by atoms with Gasteiger partial charge in [-0.15, -0.1) is 0 Å². The van der Waals surface area contributed by atoms with Gasteiger partial charge in [-0.05, 0) is 37.1 Å². The Morgan fingerprint density at radius 2 is 2.12 bits per heavy atom. The summed E-state index contributed by atoms with van der Waals surface area (Å²) in [4.78, 5) is 0. The van der Waals surface area contributed by atoms with E-state index in [1.807, 2.05) is 12.1 Å². The van der Waals surface area contributed by atoms with Gasteiger partial charge in [-0.25, -0.2) is 0 Å². The Morgan fingerprint density at radius 3 is 2.82 bits per heavy atom. The molecule has 0 unspecified atom stereocenters. The number of nitrogens with one attached hydrogen (secondary N) is 1. The van der Waals surface area contributed by atoms with Gasteiger partial charge in [0.2, 0.25) is 0 Å². The molecule has 0 amide bonds. The highest BCUT2D eigenvalue weighted by atomic mass is 35.5. The molecule has 17 heavy (non-hydrogen) atoms. The van der Waals surface area contributed by atoms with Gasteiger partial charge >= 0.3 is 0 Å². The molecular formula is C13H17Cl2NO. The summed E-state index contributed by atoms with van der Waals surface area (Å²) in [7, 11) is 0. The lowest BCUT2D eigenvalue weighted by Gasteiger charge is -2.23. The van der Waals surface area contributed by atoms with E-state index in [0.29, 0.717) is 22.7 Å². The lowest BCUT2D eigenvalue weighted by atomic mass is 10.1. The zero-order chi connectivity index (χ0) is 12.1. The predicted octanol–water partition coefficient (Wildman–Crippen LogP) is 3.65. The van der Waals surface area contributed by atoms with Crippen LogP contribution in [0.15, 0.2) is 18.2 Å². The van der Waals surface area contributed by atoms with Gasteiger partial charge in [0.05, 0.1) is 23.3 Å². The monoisotopic (exact) mass is 273 g/mol. The van der Waals surface area contributed by atoms with Crippen molar-refractivity contribution in [3.8, 4) is 0 Å². The molecule has 0 spiro atoms. The Balaban J connectivity index is 1.75. The molecule has 1 heterocycles. The van der Waals surface area contributed by atoms with Gasteiger partial charge < -0.3 is 10.1 Å². The van der Waals surface area contributed by atoms with Crippen molar-refractivity contribution in [3.05, 3.63) is 33.8 Å². The van der Waals surface area contributed by atoms with Gasteiger partial charge in [0.1, 0.15) is 0 Å². The first kappa shape index (κ1) is 13.2. The normalized spacial score (nSPS) is 20.5. The Labute approximate surface area is 112 Å². The average Bonchev–Trinajstić information content (AvgIpc) is 2.35. The van der Waals surface area contributed by atoms with E-state index in [-0.39, 0.29) is 0 Å². The second kappa shape index (κ2) is 6.60. The molecule has 94 valence electrons. The number of benzene rings is 1. The minimum Gasteiger partial charge on any atom is -0.375 e. The topological polar surface area (TPSA) is 21.3 Å². The van der Waals surface area contributed by atoms with Crippen molar-refractivity contribution in [2.75, 3.05) is 13.2 Å². The number of piperidine rings is 1. The average molecular weight is 274 g/mol. The van der Waals surface area contributed by atoms with Crippen molar-refractivity contribution in [1.29, 1.82) is 0 Å². The van der Waals surface area contributed by atoms with E-state index < -0.39 is 0 Å². The minimum atomic E-state index is 0.506. The second-order valence-electron chi connectivity index (χ2n) is 4.41. The highest BCUT2D eigenvalue weighted by Gasteiger charge is 2.12. The Bertz CT molecular complexity index is 364. The third kappa shape index (κ3) is 4.14. The van der Waals surface area contributed by atoms with E-state index in [0.717, 1.165) is 18.7 Å². The van der Waals surface area contributed by atoms with Gasteiger partial charge in [-0.2, -0.15) is 0 Å². The highest BCUT2D eigenvalue weighted by molar-refractivity contribution is 6.41. The maximum Gasteiger partial charge on any atom is 0.0718 e. The lowest BCUT2D eigenvalue weighted by Crippen LogP contribution is -2.37. The molecule has 1 aromatic rings. The van der Waals surface area contributed by atoms with E-state index in [1.54, 1.807) is 6.07 Å². The fraction of sp³-hybridized carbons (Fsp3) is 0.538. The van der Waals surface area contributed by atoms with Crippen molar-refractivity contribution < 1.29 is 4.74 Å². The van der Waals surface area contributed by atoms with E-state index in [9.17, 15) is 0 Å². The van der Waals surface area contributed by atoms with Crippen LogP contribution in [0.1, 0.15) is 24.8 Å². The van der Waals surface area contributed by atoms with Gasteiger partial charge in [0.25, 0.3) is 0 Å². The van der Waals surface area contributed by atoms with Crippen LogP contribution in [0.4, 0.5) is 0 Å². The van der Waals surface area contributed by atoms with Crippen LogP contribution in [0, 0.1) is 0 Å². The van der Waals surface area contributed by atoms with Crippen LogP contribution in [0.25, 0.3) is 0 Å². The number of halogens is 2. The molecule has 0 bridgehead atoms. The highest BCUT2D eigenvalue weighted by Crippen LogP contribution is 2.22. The zero-order valence-corrected chi connectivity index (χ0v) is 11.2. The van der Waals surface area contributed by atoms with Crippen LogP contribution in [-0.2, 0) is 11.3 Å². The van der Waals surface area contributed by atoms with Gasteiger partial charge in [-0.3, -0.25) is 0 Å². The second-order valence-corrected chi connectivity index (χ2v) is 5.22. The largest absolute Gasteiger partial charge is 0.375 e. The quantitative estimate of drug-likeness (QED) is 0.904. The molecule has 0 radical (unpaired) electrons. The number of hydrogen-bond donors (Lipinski definition) is 1. The molecule has 0 aromatic heterocycles. The fourth-order valence-electron chi connectivity index (χ4n) is 2.01. The molecule has 0 saturated carbocycles. The molecular weight excluding hydrogens is 257 g/mol. The van der Waals surface area contributed by atoms with E-state index in [4.69, 9.17) is 27.9 Å².